The van der Waals surface area contributed by atoms with E-state index in [1.807, 2.05) is 0 Å². The van der Waals surface area contributed by atoms with E-state index in [-0.39, 0.29) is 75.7 Å². The number of aliphatic hydroxyl groups is 2. The van der Waals surface area contributed by atoms with E-state index in [1.165, 1.54) is 31.2 Å². The highest BCUT2D eigenvalue weighted by molar-refractivity contribution is 6.00. The van der Waals surface area contributed by atoms with Gasteiger partial charge in [-0.2, -0.15) is 0 Å². The molecule has 2 aromatic rings. The fraction of sp³-hybridized carbons (Fsp3) is 0.548. The van der Waals surface area contributed by atoms with Gasteiger partial charge in [-0.3, -0.25) is 72.1 Å². The number of nitrogens with one attached hydrogen (secondary N) is 10. The quantitative estimate of drug-likeness (QED) is 0.0167. The fourth-order valence-corrected chi connectivity index (χ4v) is 10.0. The monoisotopic (exact) mass is 1400 g/mol. The summed E-state index contributed by atoms with van der Waals surface area (Å²) in [5.74, 6) is -17.5. The number of aromatic hydroxyl groups is 1. The highest BCUT2D eigenvalue weighted by atomic mass is 16.4. The van der Waals surface area contributed by atoms with E-state index in [0.717, 1.165) is 18.7 Å². The fourth-order valence-electron chi connectivity index (χ4n) is 10.0. The van der Waals surface area contributed by atoms with Crippen LogP contribution in [0, 0.1) is 5.92 Å². The Morgan fingerprint density at radius 1 is 0.556 bits per heavy atom. The first kappa shape index (κ1) is 82.7. The van der Waals surface area contributed by atoms with Crippen molar-refractivity contribution in [2.75, 3.05) is 19.6 Å². The molecule has 1 aliphatic rings. The van der Waals surface area contributed by atoms with E-state index in [0.29, 0.717) is 11.1 Å². The van der Waals surface area contributed by atoms with Crippen molar-refractivity contribution in [1.82, 2.24) is 58.1 Å². The van der Waals surface area contributed by atoms with Gasteiger partial charge in [0.25, 0.3) is 0 Å². The number of rotatable bonds is 42. The molecule has 1 saturated heterocycles. The zero-order valence-electron chi connectivity index (χ0n) is 55.4. The molecule has 0 aliphatic carbocycles. The number of aliphatic carboxylic acids is 3. The number of hydrogen-bond donors (Lipinski definition) is 20. The molecule has 0 spiro atoms. The molecule has 0 saturated carbocycles. The van der Waals surface area contributed by atoms with Gasteiger partial charge in [0, 0.05) is 38.8 Å². The van der Waals surface area contributed by atoms with Crippen LogP contribution >= 0.6 is 0 Å². The second kappa shape index (κ2) is 40.9. The molecule has 1 fully saturated rings. The highest BCUT2D eigenvalue weighted by Crippen LogP contribution is 2.21. The summed E-state index contributed by atoms with van der Waals surface area (Å²) in [6, 6.07) is -4.24. The van der Waals surface area contributed by atoms with E-state index in [2.05, 4.69) is 58.2 Å². The maximum Gasteiger partial charge on any atom is 0.326 e. The number of phenols is 1. The van der Waals surface area contributed by atoms with E-state index in [4.69, 9.17) is 28.0 Å². The van der Waals surface area contributed by atoms with Crippen molar-refractivity contribution in [3.05, 3.63) is 65.7 Å². The van der Waals surface area contributed by atoms with Crippen LogP contribution in [0.1, 0.15) is 110 Å². The number of carbonyl (C=O) groups excluding carboxylic acids is 12. The van der Waals surface area contributed by atoms with Crippen molar-refractivity contribution in [1.29, 1.82) is 0 Å². The van der Waals surface area contributed by atoms with Gasteiger partial charge in [-0.1, -0.05) is 56.3 Å². The molecule has 37 heteroatoms. The second-order valence-electron chi connectivity index (χ2n) is 24.1. The van der Waals surface area contributed by atoms with Crippen molar-refractivity contribution < 1.29 is 103 Å². The van der Waals surface area contributed by atoms with Crippen LogP contribution < -0.4 is 76.1 Å². The number of nitrogens with two attached hydrogens (primary N) is 4. The number of guanidine groups is 1. The van der Waals surface area contributed by atoms with E-state index in [9.17, 15) is 97.5 Å². The van der Waals surface area contributed by atoms with Crippen LogP contribution in [-0.4, -0.2) is 229 Å². The van der Waals surface area contributed by atoms with Gasteiger partial charge in [0.15, 0.2) is 5.96 Å². The second-order valence-corrected chi connectivity index (χ2v) is 24.1. The zero-order valence-corrected chi connectivity index (χ0v) is 55.4. The Bertz CT molecular complexity index is 3210. The minimum atomic E-state index is -2.01. The predicted molar refractivity (Wildman–Crippen MR) is 349 cm³/mol. The lowest BCUT2D eigenvalue weighted by Gasteiger charge is -2.32. The molecule has 546 valence electrons. The normalized spacial score (nSPS) is 16.2. The predicted octanol–water partition coefficient (Wildman–Crippen LogP) is -6.45. The summed E-state index contributed by atoms with van der Waals surface area (Å²) < 4.78 is 0. The molecule has 0 bridgehead atoms. The zero-order chi connectivity index (χ0) is 74.4. The molecule has 0 radical (unpaired) electrons. The number of benzene rings is 2. The Kier molecular flexibility index (Phi) is 34.1. The summed E-state index contributed by atoms with van der Waals surface area (Å²) in [5.41, 5.74) is 22.8. The standard InChI is InChI=1S/C62H92N16O21/c1-30(2)25-40(55(92)71-39(61(98)99)20-22-47(84)85)74-58(95)44-14-10-24-78(44)60(97)50(33(5)80)77-57(94)42(26-34-11-7-6-8-12-34)73-56(93)43(28-48(86)87)72-51(88)31(3)69-54(91)38(19-21-45(64)82)70-46(83)29-68-53(90)41(27-35-15-17-36(81)18-16-35)75-59(96)49(32(4)79)76-52(89)37(63)13-9-23-67-62(65)66/h6-8,11-12,15-18,30-33,37-44,49-50,79-81H,9-10,13-14,19-29,63H2,1-5H3,(H2,64,82)(H,68,90)(H,69,91)(H,70,83)(H,71,92)(H,72,88)(H,73,93)(H,74,95)(H,75,96)(H,76,89)(H,77,94)(H,84,85)(H,86,87)(H,98,99)(H4,65,66,67)/t31-,32+,33+,37-,38-,39-,40-,41-,42-,43-,44-,49-,50-/m0/s1. The van der Waals surface area contributed by atoms with Gasteiger partial charge >= 0.3 is 17.9 Å². The Balaban J connectivity index is 1.81. The maximum atomic E-state index is 14.4. The summed E-state index contributed by atoms with van der Waals surface area (Å²) >= 11 is 0. The maximum absolute atomic E-state index is 14.4. The molecule has 0 aromatic heterocycles. The van der Waals surface area contributed by atoms with Crippen LogP contribution in [0.15, 0.2) is 59.6 Å². The van der Waals surface area contributed by atoms with Crippen LogP contribution in [-0.2, 0) is 84.8 Å². The molecule has 12 amide bonds. The van der Waals surface area contributed by atoms with Crippen molar-refractivity contribution in [3.63, 3.8) is 0 Å². The van der Waals surface area contributed by atoms with Crippen molar-refractivity contribution in [2.24, 2.45) is 33.8 Å². The van der Waals surface area contributed by atoms with Gasteiger partial charge < -0.3 is 112 Å². The first-order valence-corrected chi connectivity index (χ1v) is 31.7. The first-order chi connectivity index (χ1) is 46.5. The minimum Gasteiger partial charge on any atom is -0.508 e. The summed E-state index contributed by atoms with van der Waals surface area (Å²) in [6.07, 6.45) is -6.52. The summed E-state index contributed by atoms with van der Waals surface area (Å²) in [6.45, 7) is 5.98. The summed E-state index contributed by atoms with van der Waals surface area (Å²) in [7, 11) is 0. The molecule has 3 rings (SSSR count). The average molecular weight is 1400 g/mol. The number of likely N-dealkylation sites (tertiary alicyclic amines) is 1. The number of primary amides is 1. The van der Waals surface area contributed by atoms with Crippen LogP contribution in [0.5, 0.6) is 5.75 Å². The molecular formula is C62H92N16O21. The minimum absolute atomic E-state index is 0.0177. The average Bonchev–Trinajstić information content (AvgIpc) is 1.76. The molecule has 37 nitrogen and oxygen atoms in total. The van der Waals surface area contributed by atoms with Crippen molar-refractivity contribution >= 4 is 94.8 Å². The molecule has 0 unspecified atom stereocenters. The molecule has 1 heterocycles. The largest absolute Gasteiger partial charge is 0.508 e. The Morgan fingerprint density at radius 3 is 1.66 bits per heavy atom. The molecule has 24 N–H and O–H groups in total. The van der Waals surface area contributed by atoms with Gasteiger partial charge in [0.05, 0.1) is 31.2 Å². The lowest BCUT2D eigenvalue weighted by Crippen LogP contribution is -2.62. The SMILES string of the molecule is CC(C)C[C@H](NC(=O)[C@@H]1CCCN1C(=O)[C@@H](NC(=O)[C@H](Cc1ccccc1)NC(=O)[C@H](CC(=O)O)NC(=O)[C@H](C)NC(=O)[C@H](CCC(N)=O)NC(=O)CNC(=O)[C@H](Cc1ccc(O)cc1)NC(=O)[C@@H](NC(=O)[C@@H](N)CCCN=C(N)N)[C@@H](C)O)[C@@H](C)O)C(=O)N[C@@H](CCC(=O)O)C(=O)O. The molecule has 99 heavy (non-hydrogen) atoms. The van der Waals surface area contributed by atoms with E-state index >= 15 is 0 Å². The van der Waals surface area contributed by atoms with Crippen molar-refractivity contribution in [3.8, 4) is 5.75 Å². The topological polar surface area (TPSA) is 617 Å². The van der Waals surface area contributed by atoms with Gasteiger partial charge in [-0.25, -0.2) is 4.79 Å². The van der Waals surface area contributed by atoms with Crippen LogP contribution in [0.2, 0.25) is 0 Å². The number of carboxylic acids is 3. The molecule has 13 atom stereocenters. The number of amides is 12. The van der Waals surface area contributed by atoms with Crippen molar-refractivity contribution in [2.45, 2.75) is 190 Å². The van der Waals surface area contributed by atoms with Crippen LogP contribution in [0.3, 0.4) is 0 Å². The lowest BCUT2D eigenvalue weighted by molar-refractivity contribution is -0.145. The van der Waals surface area contributed by atoms with E-state index < -0.39 is 206 Å². The summed E-state index contributed by atoms with van der Waals surface area (Å²) in [5, 5.41) is 83.5. The first-order valence-electron chi connectivity index (χ1n) is 31.7. The summed E-state index contributed by atoms with van der Waals surface area (Å²) in [4.78, 5) is 204. The number of aliphatic hydroxyl groups excluding tert-OH is 2. The highest BCUT2D eigenvalue weighted by Gasteiger charge is 2.42. The molecule has 2 aromatic carbocycles. The van der Waals surface area contributed by atoms with Crippen LogP contribution in [0.4, 0.5) is 0 Å². The lowest BCUT2D eigenvalue weighted by atomic mass is 10.0. The smallest absolute Gasteiger partial charge is 0.326 e. The van der Waals surface area contributed by atoms with Gasteiger partial charge in [0.2, 0.25) is 70.9 Å². The third kappa shape index (κ3) is 29.4. The number of carbonyl (C=O) groups is 15. The molecular weight excluding hydrogens is 1300 g/mol. The van der Waals surface area contributed by atoms with Gasteiger partial charge in [-0.05, 0) is 94.9 Å². The number of nitrogens with zero attached hydrogens (tertiary/aromatic N) is 2. The number of carboxylic acid groups (broad SMARTS) is 3. The molecule has 1 aliphatic heterocycles. The number of phenolic OH excluding ortho intramolecular Hbond substituents is 1. The Labute approximate surface area is 568 Å². The van der Waals surface area contributed by atoms with Gasteiger partial charge in [0.1, 0.15) is 66.2 Å². The Hall–Kier alpha value is -10.6. The van der Waals surface area contributed by atoms with Crippen LogP contribution in [0.25, 0.3) is 0 Å². The number of aliphatic imine (C=N–C) groups is 1. The number of hydrogen-bond acceptors (Lipinski definition) is 20. The Morgan fingerprint density at radius 2 is 1.09 bits per heavy atom. The van der Waals surface area contributed by atoms with Gasteiger partial charge in [-0.15, -0.1) is 0 Å². The third-order valence-corrected chi connectivity index (χ3v) is 15.3. The van der Waals surface area contributed by atoms with E-state index in [1.54, 1.807) is 44.2 Å². The third-order valence-electron chi connectivity index (χ3n) is 15.3.